The first-order chi connectivity index (χ1) is 15.9. The number of carbonyl (C=O) groups is 3. The molecule has 7 heteroatoms. The standard InChI is InChI=1S/C27H41FO6/c1-5-6-7-23(33)34-27(22(32)15-29)16(2)12-20-19-9-8-17-13-18(30)10-11-24(17,3)26(19,28)21(31)14-25(20,27)4/h16-17,19-21,29,31H,5-15H2,1-4H3/t16-,17+,19-,20-,21-,24-,25-,26-,27+/m0/s1. The number of ketones is 2. The Balaban J connectivity index is 1.77. The van der Waals surface area contributed by atoms with Gasteiger partial charge >= 0.3 is 5.97 Å². The van der Waals surface area contributed by atoms with Crippen LogP contribution in [-0.2, 0) is 19.1 Å². The average molecular weight is 481 g/mol. The molecular formula is C27H41FO6. The first kappa shape index (κ1) is 25.7. The highest BCUT2D eigenvalue weighted by Crippen LogP contribution is 2.72. The molecule has 0 bridgehead atoms. The zero-order valence-electron chi connectivity index (χ0n) is 21.1. The number of hydrogen-bond donors (Lipinski definition) is 2. The molecule has 0 aromatic rings. The molecule has 0 radical (unpaired) electrons. The lowest BCUT2D eigenvalue weighted by Gasteiger charge is -2.65. The van der Waals surface area contributed by atoms with Crippen molar-refractivity contribution in [3.63, 3.8) is 0 Å². The summed E-state index contributed by atoms with van der Waals surface area (Å²) in [6.07, 6.45) is 3.11. The minimum atomic E-state index is -1.87. The lowest BCUT2D eigenvalue weighted by atomic mass is 9.42. The highest BCUT2D eigenvalue weighted by Gasteiger charge is 2.77. The van der Waals surface area contributed by atoms with Crippen LogP contribution in [-0.4, -0.2) is 51.7 Å². The predicted molar refractivity (Wildman–Crippen MR) is 123 cm³/mol. The van der Waals surface area contributed by atoms with E-state index in [9.17, 15) is 24.6 Å². The van der Waals surface area contributed by atoms with Crippen molar-refractivity contribution in [2.75, 3.05) is 6.61 Å². The van der Waals surface area contributed by atoms with E-state index in [1.165, 1.54) is 0 Å². The number of esters is 1. The monoisotopic (exact) mass is 480 g/mol. The van der Waals surface area contributed by atoms with Crippen molar-refractivity contribution in [1.29, 1.82) is 0 Å². The van der Waals surface area contributed by atoms with Crippen molar-refractivity contribution in [1.82, 2.24) is 0 Å². The van der Waals surface area contributed by atoms with Crippen molar-refractivity contribution in [2.24, 2.45) is 34.5 Å². The number of Topliss-reactive ketones (excluding diaryl/α,β-unsaturated/α-hetero) is 2. The van der Waals surface area contributed by atoms with Crippen LogP contribution >= 0.6 is 0 Å². The fourth-order valence-corrected chi connectivity index (χ4v) is 8.91. The summed E-state index contributed by atoms with van der Waals surface area (Å²) in [4.78, 5) is 38.3. The van der Waals surface area contributed by atoms with Gasteiger partial charge in [0.25, 0.3) is 0 Å². The number of unbranched alkanes of at least 4 members (excludes halogenated alkanes) is 1. The molecule has 4 saturated carbocycles. The van der Waals surface area contributed by atoms with Gasteiger partial charge < -0.3 is 14.9 Å². The maximum absolute atomic E-state index is 17.4. The summed E-state index contributed by atoms with van der Waals surface area (Å²) in [7, 11) is 0. The number of aliphatic hydroxyl groups excluding tert-OH is 2. The van der Waals surface area contributed by atoms with Gasteiger partial charge in [0.15, 0.2) is 5.60 Å². The number of ether oxygens (including phenoxy) is 1. The second-order valence-corrected chi connectivity index (χ2v) is 12.1. The van der Waals surface area contributed by atoms with E-state index in [1.807, 2.05) is 27.7 Å². The number of fused-ring (bicyclic) bond motifs is 5. The SMILES string of the molecule is CCCCC(=O)O[C@@]1(C(=O)CO)[C@@H](C)C[C@H]2[C@@H]3CC[C@@H]4CC(=O)CC[C@]4(C)[C@@]3(F)[C@@H](O)C[C@@]21C. The Kier molecular flexibility index (Phi) is 6.55. The summed E-state index contributed by atoms with van der Waals surface area (Å²) >= 11 is 0. The maximum Gasteiger partial charge on any atom is 0.306 e. The molecule has 4 rings (SSSR count). The fourth-order valence-electron chi connectivity index (χ4n) is 8.91. The van der Waals surface area contributed by atoms with Crippen LogP contribution in [0.3, 0.4) is 0 Å². The van der Waals surface area contributed by atoms with E-state index >= 15 is 4.39 Å². The van der Waals surface area contributed by atoms with Crippen LogP contribution in [0.15, 0.2) is 0 Å². The van der Waals surface area contributed by atoms with Gasteiger partial charge in [-0.25, -0.2) is 4.39 Å². The molecule has 34 heavy (non-hydrogen) atoms. The Hall–Kier alpha value is -1.34. The van der Waals surface area contributed by atoms with E-state index in [0.717, 1.165) is 6.42 Å². The maximum atomic E-state index is 17.4. The van der Waals surface area contributed by atoms with Crippen LogP contribution in [0.5, 0.6) is 0 Å². The fraction of sp³-hybridized carbons (Fsp3) is 0.889. The van der Waals surface area contributed by atoms with Crippen molar-refractivity contribution in [3.05, 3.63) is 0 Å². The molecule has 4 fully saturated rings. The van der Waals surface area contributed by atoms with Crippen molar-refractivity contribution >= 4 is 17.5 Å². The van der Waals surface area contributed by atoms with Crippen LogP contribution in [0.25, 0.3) is 0 Å². The van der Waals surface area contributed by atoms with Crippen LogP contribution in [0.4, 0.5) is 4.39 Å². The van der Waals surface area contributed by atoms with Gasteiger partial charge in [0, 0.05) is 36.0 Å². The molecule has 4 aliphatic rings. The lowest BCUT2D eigenvalue weighted by molar-refractivity contribution is -0.257. The molecule has 0 unspecified atom stereocenters. The van der Waals surface area contributed by atoms with Gasteiger partial charge in [0.05, 0.1) is 6.10 Å². The second-order valence-electron chi connectivity index (χ2n) is 12.1. The summed E-state index contributed by atoms with van der Waals surface area (Å²) in [5, 5.41) is 21.5. The van der Waals surface area contributed by atoms with Gasteiger partial charge in [-0.05, 0) is 56.3 Å². The molecule has 0 aromatic heterocycles. The molecule has 0 saturated heterocycles. The Morgan fingerprint density at radius 2 is 1.88 bits per heavy atom. The molecule has 0 heterocycles. The number of hydrogen-bond acceptors (Lipinski definition) is 6. The summed E-state index contributed by atoms with van der Waals surface area (Å²) in [6, 6.07) is 0. The Morgan fingerprint density at radius 3 is 2.53 bits per heavy atom. The number of alkyl halides is 1. The summed E-state index contributed by atoms with van der Waals surface area (Å²) in [5.74, 6) is -2.14. The third-order valence-corrected chi connectivity index (χ3v) is 10.7. The number of aliphatic hydroxyl groups is 2. The van der Waals surface area contributed by atoms with E-state index in [2.05, 4.69) is 0 Å². The van der Waals surface area contributed by atoms with Crippen LogP contribution in [0.2, 0.25) is 0 Å². The quantitative estimate of drug-likeness (QED) is 0.559. The van der Waals surface area contributed by atoms with Crippen LogP contribution in [0.1, 0.15) is 91.9 Å². The third-order valence-electron chi connectivity index (χ3n) is 10.7. The Labute approximate surface area is 202 Å². The van der Waals surface area contributed by atoms with E-state index in [0.29, 0.717) is 44.9 Å². The van der Waals surface area contributed by atoms with Crippen LogP contribution < -0.4 is 0 Å². The van der Waals surface area contributed by atoms with E-state index < -0.39 is 58.4 Å². The van der Waals surface area contributed by atoms with Gasteiger partial charge in [-0.15, -0.1) is 0 Å². The van der Waals surface area contributed by atoms with Gasteiger partial charge in [-0.1, -0.05) is 34.1 Å². The van der Waals surface area contributed by atoms with Crippen LogP contribution in [0, 0.1) is 34.5 Å². The van der Waals surface area contributed by atoms with Crippen molar-refractivity contribution < 1.29 is 33.7 Å². The Bertz CT molecular complexity index is 860. The molecule has 0 spiro atoms. The zero-order chi connectivity index (χ0) is 25.1. The minimum Gasteiger partial charge on any atom is -0.450 e. The van der Waals surface area contributed by atoms with Gasteiger partial charge in [0.2, 0.25) is 5.78 Å². The van der Waals surface area contributed by atoms with E-state index in [1.54, 1.807) is 0 Å². The summed E-state index contributed by atoms with van der Waals surface area (Å²) in [5.41, 5.74) is -5.25. The van der Waals surface area contributed by atoms with E-state index in [4.69, 9.17) is 4.74 Å². The molecule has 4 aliphatic carbocycles. The molecule has 6 nitrogen and oxygen atoms in total. The smallest absolute Gasteiger partial charge is 0.306 e. The molecule has 2 N–H and O–H groups in total. The number of rotatable bonds is 6. The molecule has 192 valence electrons. The topological polar surface area (TPSA) is 101 Å². The van der Waals surface area contributed by atoms with Crippen molar-refractivity contribution in [3.8, 4) is 0 Å². The molecule has 0 amide bonds. The highest BCUT2D eigenvalue weighted by atomic mass is 19.1. The van der Waals surface area contributed by atoms with Crippen molar-refractivity contribution in [2.45, 2.75) is 109 Å². The molecule has 9 atom stereocenters. The highest BCUT2D eigenvalue weighted by molar-refractivity contribution is 5.92. The first-order valence-corrected chi connectivity index (χ1v) is 13.2. The Morgan fingerprint density at radius 1 is 1.18 bits per heavy atom. The second kappa shape index (κ2) is 8.65. The molecule has 0 aromatic carbocycles. The third kappa shape index (κ3) is 3.21. The van der Waals surface area contributed by atoms with Gasteiger partial charge in [0.1, 0.15) is 18.1 Å². The zero-order valence-corrected chi connectivity index (χ0v) is 21.1. The molecule has 0 aliphatic heterocycles. The van der Waals surface area contributed by atoms with E-state index in [-0.39, 0.29) is 30.5 Å². The predicted octanol–water partition coefficient (Wildman–Crippen LogP) is 3.94. The first-order valence-electron chi connectivity index (χ1n) is 13.2. The number of carbonyl (C=O) groups excluding carboxylic acids is 3. The van der Waals surface area contributed by atoms with Gasteiger partial charge in [-0.3, -0.25) is 14.4 Å². The minimum absolute atomic E-state index is 0.0158. The molecular weight excluding hydrogens is 439 g/mol. The normalized spacial score (nSPS) is 48.0. The van der Waals surface area contributed by atoms with Gasteiger partial charge in [-0.2, -0.15) is 0 Å². The lowest BCUT2D eigenvalue weighted by Crippen LogP contribution is -2.71. The summed E-state index contributed by atoms with van der Waals surface area (Å²) < 4.78 is 23.4. The number of halogens is 1. The summed E-state index contributed by atoms with van der Waals surface area (Å²) in [6.45, 7) is 6.80. The largest absolute Gasteiger partial charge is 0.450 e. The average Bonchev–Trinajstić information content (AvgIpc) is 3.00.